The van der Waals surface area contributed by atoms with Crippen molar-refractivity contribution in [1.29, 1.82) is 0 Å². The normalized spacial score (nSPS) is 10.4. The number of nitrogens with one attached hydrogen (secondary N) is 1. The second kappa shape index (κ2) is 6.21. The van der Waals surface area contributed by atoms with Crippen molar-refractivity contribution < 1.29 is 14.6 Å². The molecule has 0 atom stereocenters. The highest BCUT2D eigenvalue weighted by atomic mass is 16.5. The molecule has 0 spiro atoms. The van der Waals surface area contributed by atoms with E-state index < -0.39 is 11.5 Å². The molecule has 0 amide bonds. The van der Waals surface area contributed by atoms with Crippen molar-refractivity contribution in [3.63, 3.8) is 0 Å². The quantitative estimate of drug-likeness (QED) is 0.873. The lowest BCUT2D eigenvalue weighted by molar-refractivity contribution is 0.0694. The van der Waals surface area contributed by atoms with E-state index in [1.165, 1.54) is 0 Å². The van der Waals surface area contributed by atoms with Crippen LogP contribution in [-0.2, 0) is 6.42 Å². The number of ether oxygens (including phenoxy) is 1. The van der Waals surface area contributed by atoms with E-state index in [1.54, 1.807) is 0 Å². The van der Waals surface area contributed by atoms with Crippen LogP contribution in [0.5, 0.6) is 5.75 Å². The molecule has 1 aromatic carbocycles. The molecule has 0 radical (unpaired) electrons. The molecule has 21 heavy (non-hydrogen) atoms. The summed E-state index contributed by atoms with van der Waals surface area (Å²) in [6.45, 7) is 4.27. The van der Waals surface area contributed by atoms with E-state index in [9.17, 15) is 9.59 Å². The number of aromatic nitrogens is 2. The van der Waals surface area contributed by atoms with Gasteiger partial charge in [-0.05, 0) is 25.0 Å². The van der Waals surface area contributed by atoms with Crippen LogP contribution in [0.4, 0.5) is 0 Å². The first kappa shape index (κ1) is 14.8. The third-order valence-electron chi connectivity index (χ3n) is 3.08. The molecule has 0 bridgehead atoms. The molecule has 1 aromatic heterocycles. The minimum Gasteiger partial charge on any atom is -0.493 e. The van der Waals surface area contributed by atoms with Crippen LogP contribution in [-0.4, -0.2) is 27.7 Å². The van der Waals surface area contributed by atoms with Crippen LogP contribution in [0.1, 0.15) is 27.3 Å². The average molecular weight is 288 g/mol. The number of aromatic carboxylic acids is 1. The molecule has 0 saturated heterocycles. The molecule has 0 fully saturated rings. The Hall–Kier alpha value is -2.63. The van der Waals surface area contributed by atoms with Gasteiger partial charge in [-0.25, -0.2) is 9.78 Å². The van der Waals surface area contributed by atoms with E-state index >= 15 is 0 Å². The summed E-state index contributed by atoms with van der Waals surface area (Å²) in [6, 6.07) is 5.88. The van der Waals surface area contributed by atoms with Gasteiger partial charge in [0.25, 0.3) is 5.56 Å². The number of carbonyl (C=O) groups is 1. The van der Waals surface area contributed by atoms with Crippen LogP contribution in [0, 0.1) is 13.8 Å². The summed E-state index contributed by atoms with van der Waals surface area (Å²) in [5.41, 5.74) is 1.06. The van der Waals surface area contributed by atoms with Gasteiger partial charge in [0.15, 0.2) is 0 Å². The van der Waals surface area contributed by atoms with Gasteiger partial charge < -0.3 is 14.8 Å². The smallest absolute Gasteiger partial charge is 0.342 e. The maximum absolute atomic E-state index is 11.5. The lowest BCUT2D eigenvalue weighted by Gasteiger charge is -2.11. The number of benzene rings is 1. The predicted molar refractivity (Wildman–Crippen MR) is 76.9 cm³/mol. The lowest BCUT2D eigenvalue weighted by Crippen LogP contribution is -2.21. The number of carboxylic acid groups (broad SMARTS) is 1. The topological polar surface area (TPSA) is 92.3 Å². The third kappa shape index (κ3) is 3.47. The molecule has 6 heteroatoms. The zero-order valence-corrected chi connectivity index (χ0v) is 11.8. The number of H-pyrrole nitrogens is 1. The molecule has 2 rings (SSSR count). The Balaban J connectivity index is 2.03. The first-order valence-corrected chi connectivity index (χ1v) is 6.49. The summed E-state index contributed by atoms with van der Waals surface area (Å²) < 4.78 is 5.71. The lowest BCUT2D eigenvalue weighted by atomic mass is 10.1. The Kier molecular flexibility index (Phi) is 4.37. The molecule has 6 nitrogen and oxygen atoms in total. The van der Waals surface area contributed by atoms with Crippen LogP contribution in [0.3, 0.4) is 0 Å². The van der Waals surface area contributed by atoms with E-state index in [1.807, 2.05) is 32.0 Å². The van der Waals surface area contributed by atoms with Gasteiger partial charge in [-0.1, -0.05) is 18.2 Å². The van der Waals surface area contributed by atoms with Crippen molar-refractivity contribution in [3.8, 4) is 5.75 Å². The maximum Gasteiger partial charge on any atom is 0.342 e. The Morgan fingerprint density at radius 3 is 2.57 bits per heavy atom. The number of nitrogens with zero attached hydrogens (tertiary/aromatic N) is 1. The zero-order chi connectivity index (χ0) is 15.4. The number of hydrogen-bond donors (Lipinski definition) is 2. The monoisotopic (exact) mass is 288 g/mol. The Labute approximate surface area is 121 Å². The number of para-hydroxylation sites is 1. The summed E-state index contributed by atoms with van der Waals surface area (Å²) in [5.74, 6) is -0.0691. The minimum atomic E-state index is -1.29. The fourth-order valence-corrected chi connectivity index (χ4v) is 1.99. The number of aromatic amines is 1. The number of rotatable bonds is 5. The molecule has 0 saturated carbocycles. The van der Waals surface area contributed by atoms with Crippen LogP contribution in [0.15, 0.2) is 29.2 Å². The van der Waals surface area contributed by atoms with E-state index in [-0.39, 0.29) is 5.56 Å². The number of aryl methyl sites for hydroxylation is 2. The van der Waals surface area contributed by atoms with Gasteiger partial charge in [-0.2, -0.15) is 0 Å². The highest BCUT2D eigenvalue weighted by Gasteiger charge is 2.10. The Morgan fingerprint density at radius 2 is 2.00 bits per heavy atom. The molecule has 0 aliphatic carbocycles. The summed E-state index contributed by atoms with van der Waals surface area (Å²) in [4.78, 5) is 28.6. The van der Waals surface area contributed by atoms with Crippen molar-refractivity contribution in [2.45, 2.75) is 20.3 Å². The SMILES string of the molecule is Cc1cccc(C)c1OCCc1ncc(C(=O)O)c(=O)[nH]1. The fourth-order valence-electron chi connectivity index (χ4n) is 1.99. The van der Waals surface area contributed by atoms with E-state index in [0.29, 0.717) is 18.9 Å². The molecule has 0 aliphatic heterocycles. The van der Waals surface area contributed by atoms with Gasteiger partial charge >= 0.3 is 5.97 Å². The Morgan fingerprint density at radius 1 is 1.33 bits per heavy atom. The van der Waals surface area contributed by atoms with Crippen molar-refractivity contribution in [2.24, 2.45) is 0 Å². The number of carboxylic acids is 1. The standard InChI is InChI=1S/C15H16N2O4/c1-9-4-3-5-10(2)13(9)21-7-6-12-16-8-11(15(19)20)14(18)17-12/h3-5,8H,6-7H2,1-2H3,(H,19,20)(H,16,17,18). The summed E-state index contributed by atoms with van der Waals surface area (Å²) >= 11 is 0. The van der Waals surface area contributed by atoms with Gasteiger partial charge in [-0.15, -0.1) is 0 Å². The van der Waals surface area contributed by atoms with Gasteiger partial charge in [-0.3, -0.25) is 4.79 Å². The van der Waals surface area contributed by atoms with Crippen molar-refractivity contribution in [3.05, 3.63) is 57.3 Å². The molecule has 2 N–H and O–H groups in total. The van der Waals surface area contributed by atoms with Crippen LogP contribution in [0.25, 0.3) is 0 Å². The number of hydrogen-bond acceptors (Lipinski definition) is 4. The molecular weight excluding hydrogens is 272 g/mol. The molecule has 0 aliphatic rings. The maximum atomic E-state index is 11.5. The zero-order valence-electron chi connectivity index (χ0n) is 11.8. The first-order valence-electron chi connectivity index (χ1n) is 6.49. The summed E-state index contributed by atoms with van der Waals surface area (Å²) in [5, 5.41) is 8.76. The highest BCUT2D eigenvalue weighted by molar-refractivity contribution is 5.86. The van der Waals surface area contributed by atoms with E-state index in [2.05, 4.69) is 9.97 Å². The Bertz CT molecular complexity index is 702. The van der Waals surface area contributed by atoms with Crippen molar-refractivity contribution in [1.82, 2.24) is 9.97 Å². The van der Waals surface area contributed by atoms with Crippen LogP contribution < -0.4 is 10.3 Å². The first-order chi connectivity index (χ1) is 9.99. The molecule has 2 aromatic rings. The van der Waals surface area contributed by atoms with Gasteiger partial charge in [0.2, 0.25) is 0 Å². The fraction of sp³-hybridized carbons (Fsp3) is 0.267. The van der Waals surface area contributed by atoms with Crippen LogP contribution >= 0.6 is 0 Å². The molecule has 1 heterocycles. The van der Waals surface area contributed by atoms with Gasteiger partial charge in [0.05, 0.1) is 6.61 Å². The summed E-state index contributed by atoms with van der Waals surface area (Å²) in [7, 11) is 0. The highest BCUT2D eigenvalue weighted by Crippen LogP contribution is 2.22. The van der Waals surface area contributed by atoms with Crippen molar-refractivity contribution in [2.75, 3.05) is 6.61 Å². The largest absolute Gasteiger partial charge is 0.493 e. The average Bonchev–Trinajstić information content (AvgIpc) is 2.42. The van der Waals surface area contributed by atoms with Gasteiger partial charge in [0, 0.05) is 12.6 Å². The summed E-state index contributed by atoms with van der Waals surface area (Å²) in [6.07, 6.45) is 1.46. The molecular formula is C15H16N2O4. The van der Waals surface area contributed by atoms with E-state index in [4.69, 9.17) is 9.84 Å². The molecule has 0 unspecified atom stereocenters. The second-order valence-corrected chi connectivity index (χ2v) is 4.70. The van der Waals surface area contributed by atoms with Crippen LogP contribution in [0.2, 0.25) is 0 Å². The minimum absolute atomic E-state index is 0.348. The molecule has 110 valence electrons. The predicted octanol–water partition coefficient (Wildman–Crippen LogP) is 1.71. The third-order valence-corrected chi connectivity index (χ3v) is 3.08. The second-order valence-electron chi connectivity index (χ2n) is 4.70. The van der Waals surface area contributed by atoms with Crippen molar-refractivity contribution >= 4 is 5.97 Å². The van der Waals surface area contributed by atoms with E-state index in [0.717, 1.165) is 23.1 Å². The van der Waals surface area contributed by atoms with Gasteiger partial charge in [0.1, 0.15) is 17.1 Å².